The lowest BCUT2D eigenvalue weighted by atomic mass is 10.1. The minimum atomic E-state index is -1.04. The zero-order valence-electron chi connectivity index (χ0n) is 9.52. The van der Waals surface area contributed by atoms with Crippen LogP contribution >= 0.6 is 20.6 Å². The van der Waals surface area contributed by atoms with Gasteiger partial charge in [0, 0.05) is 9.83 Å². The second kappa shape index (κ2) is 5.51. The Balaban J connectivity index is 2.63. The molecular formula is C10H13NO3S3. The van der Waals surface area contributed by atoms with Crippen molar-refractivity contribution in [2.75, 3.05) is 20.8 Å². The van der Waals surface area contributed by atoms with E-state index < -0.39 is 9.83 Å². The normalized spacial score (nSPS) is 17.9. The van der Waals surface area contributed by atoms with Crippen LogP contribution in [0.25, 0.3) is 0 Å². The highest BCUT2D eigenvalue weighted by Crippen LogP contribution is 2.55. The van der Waals surface area contributed by atoms with Crippen molar-refractivity contribution in [2.45, 2.75) is 16.2 Å². The molecule has 0 saturated carbocycles. The molecular weight excluding hydrogens is 278 g/mol. The van der Waals surface area contributed by atoms with Gasteiger partial charge >= 0.3 is 0 Å². The van der Waals surface area contributed by atoms with Gasteiger partial charge in [0.1, 0.15) is 9.83 Å². The Bertz CT molecular complexity index is 465. The van der Waals surface area contributed by atoms with Gasteiger partial charge < -0.3 is 15.2 Å². The van der Waals surface area contributed by atoms with Gasteiger partial charge in [-0.1, -0.05) is 0 Å². The Kier molecular flexibility index (Phi) is 4.24. The van der Waals surface area contributed by atoms with Gasteiger partial charge in [-0.25, -0.2) is 4.21 Å². The van der Waals surface area contributed by atoms with Crippen LogP contribution < -0.4 is 15.2 Å². The van der Waals surface area contributed by atoms with Crippen LogP contribution in [0.3, 0.4) is 0 Å². The third kappa shape index (κ3) is 2.29. The topological polar surface area (TPSA) is 61.6 Å². The average molecular weight is 291 g/mol. The van der Waals surface area contributed by atoms with E-state index in [4.69, 9.17) is 15.2 Å². The predicted octanol–water partition coefficient (Wildman–Crippen LogP) is 1.98. The molecule has 0 fully saturated rings. The number of methoxy groups -OCH3 is 2. The first-order chi connectivity index (χ1) is 8.22. The lowest BCUT2D eigenvalue weighted by Gasteiger charge is -2.13. The lowest BCUT2D eigenvalue weighted by Crippen LogP contribution is -2.06. The van der Waals surface area contributed by atoms with E-state index in [2.05, 4.69) is 0 Å². The lowest BCUT2D eigenvalue weighted by molar-refractivity contribution is 0.345. The summed E-state index contributed by atoms with van der Waals surface area (Å²) in [4.78, 5) is 1.74. The van der Waals surface area contributed by atoms with E-state index in [0.717, 1.165) is 15.4 Å². The van der Waals surface area contributed by atoms with Crippen LogP contribution in [0.15, 0.2) is 15.9 Å². The van der Waals surface area contributed by atoms with Crippen LogP contribution in [0.1, 0.15) is 5.56 Å². The highest BCUT2D eigenvalue weighted by atomic mass is 33.5. The molecule has 7 heteroatoms. The maximum Gasteiger partial charge on any atom is 0.176 e. The molecule has 1 atom stereocenters. The zero-order valence-corrected chi connectivity index (χ0v) is 12.0. The van der Waals surface area contributed by atoms with Crippen LogP contribution in [-0.4, -0.2) is 25.0 Å². The van der Waals surface area contributed by atoms with Crippen molar-refractivity contribution in [1.82, 2.24) is 0 Å². The summed E-state index contributed by atoms with van der Waals surface area (Å²) < 4.78 is 22.6. The van der Waals surface area contributed by atoms with Crippen molar-refractivity contribution in [2.24, 2.45) is 5.73 Å². The number of ether oxygens (including phenoxy) is 2. The summed E-state index contributed by atoms with van der Waals surface area (Å²) in [7, 11) is 4.94. The third-order valence-corrected chi connectivity index (χ3v) is 7.39. The van der Waals surface area contributed by atoms with E-state index in [1.54, 1.807) is 14.2 Å². The zero-order chi connectivity index (χ0) is 12.4. The fourth-order valence-electron chi connectivity index (χ4n) is 1.69. The molecule has 1 aromatic rings. The van der Waals surface area contributed by atoms with Crippen molar-refractivity contribution in [3.05, 3.63) is 11.6 Å². The van der Waals surface area contributed by atoms with Gasteiger partial charge in [-0.15, -0.1) is 0 Å². The highest BCUT2D eigenvalue weighted by Gasteiger charge is 2.30. The van der Waals surface area contributed by atoms with E-state index in [1.165, 1.54) is 20.6 Å². The maximum atomic E-state index is 11.9. The first-order valence-corrected chi connectivity index (χ1v) is 8.79. The second-order valence-electron chi connectivity index (χ2n) is 3.35. The largest absolute Gasteiger partial charge is 0.493 e. The Morgan fingerprint density at radius 3 is 2.76 bits per heavy atom. The van der Waals surface area contributed by atoms with Gasteiger partial charge in [-0.2, -0.15) is 0 Å². The molecule has 2 rings (SSSR count). The number of hydrogen-bond acceptors (Lipinski definition) is 6. The molecule has 0 aromatic heterocycles. The van der Waals surface area contributed by atoms with Crippen molar-refractivity contribution < 1.29 is 13.7 Å². The Morgan fingerprint density at radius 2 is 2.18 bits per heavy atom. The molecule has 0 aliphatic carbocycles. The summed E-state index contributed by atoms with van der Waals surface area (Å²) in [5, 5.41) is 0. The second-order valence-corrected chi connectivity index (χ2v) is 7.98. The summed E-state index contributed by atoms with van der Waals surface area (Å²) in [6.45, 7) is 0.522. The van der Waals surface area contributed by atoms with Crippen molar-refractivity contribution in [3.8, 4) is 11.5 Å². The molecule has 0 unspecified atom stereocenters. The first kappa shape index (κ1) is 13.1. The van der Waals surface area contributed by atoms with E-state index in [1.807, 2.05) is 6.07 Å². The van der Waals surface area contributed by atoms with Crippen molar-refractivity contribution in [3.63, 3.8) is 0 Å². The van der Waals surface area contributed by atoms with Crippen LogP contribution in [0, 0.1) is 0 Å². The monoisotopic (exact) mass is 291 g/mol. The Morgan fingerprint density at radius 1 is 1.41 bits per heavy atom. The number of hydrogen-bond donors (Lipinski definition) is 1. The van der Waals surface area contributed by atoms with E-state index in [0.29, 0.717) is 24.5 Å². The molecule has 0 bridgehead atoms. The van der Waals surface area contributed by atoms with Crippen molar-refractivity contribution >= 4 is 30.5 Å². The molecule has 4 nitrogen and oxygen atoms in total. The molecule has 1 aromatic carbocycles. The van der Waals surface area contributed by atoms with Gasteiger partial charge in [0.25, 0.3) is 0 Å². The van der Waals surface area contributed by atoms with Gasteiger partial charge in [0.05, 0.1) is 24.0 Å². The maximum absolute atomic E-state index is 11.9. The first-order valence-electron chi connectivity index (χ1n) is 4.97. The SMILES string of the molecule is COc1cc(CCN)c2c(c1OC)SS[S@]2=O. The molecule has 0 radical (unpaired) electrons. The summed E-state index contributed by atoms with van der Waals surface area (Å²) >= 11 is 0. The summed E-state index contributed by atoms with van der Waals surface area (Å²) in [6.07, 6.45) is 0.690. The molecule has 0 saturated heterocycles. The molecule has 2 N–H and O–H groups in total. The molecule has 0 amide bonds. The van der Waals surface area contributed by atoms with Gasteiger partial charge in [-0.3, -0.25) is 0 Å². The molecule has 17 heavy (non-hydrogen) atoms. The minimum Gasteiger partial charge on any atom is -0.493 e. The van der Waals surface area contributed by atoms with E-state index in [-0.39, 0.29) is 0 Å². The predicted molar refractivity (Wildman–Crippen MR) is 72.2 cm³/mol. The minimum absolute atomic E-state index is 0.522. The van der Waals surface area contributed by atoms with Gasteiger partial charge in [0.2, 0.25) is 0 Å². The Labute approximate surface area is 110 Å². The third-order valence-electron chi connectivity index (χ3n) is 2.42. The van der Waals surface area contributed by atoms with Gasteiger partial charge in [0.15, 0.2) is 11.5 Å². The van der Waals surface area contributed by atoms with Gasteiger partial charge in [-0.05, 0) is 35.4 Å². The fraction of sp³-hybridized carbons (Fsp3) is 0.400. The Hall–Kier alpha value is -0.370. The number of rotatable bonds is 4. The van der Waals surface area contributed by atoms with Crippen molar-refractivity contribution in [1.29, 1.82) is 0 Å². The molecule has 1 aliphatic rings. The number of fused-ring (bicyclic) bond motifs is 1. The van der Waals surface area contributed by atoms with Crippen LogP contribution in [-0.2, 0) is 16.3 Å². The average Bonchev–Trinajstić information content (AvgIpc) is 2.72. The molecule has 0 spiro atoms. The smallest absolute Gasteiger partial charge is 0.176 e. The van der Waals surface area contributed by atoms with Crippen LogP contribution in [0.2, 0.25) is 0 Å². The van der Waals surface area contributed by atoms with Crippen LogP contribution in [0.4, 0.5) is 0 Å². The summed E-state index contributed by atoms with van der Waals surface area (Å²) in [5.41, 5.74) is 6.56. The molecule has 1 aliphatic heterocycles. The van der Waals surface area contributed by atoms with E-state index in [9.17, 15) is 4.21 Å². The number of benzene rings is 1. The fourth-order valence-corrected chi connectivity index (χ4v) is 7.07. The number of nitrogens with two attached hydrogens (primary N) is 1. The standard InChI is InChI=1S/C10H13NO3S3/c1-13-7-5-6(3-4-11)10-9(8(7)14-2)15-16-17(10)12/h5H,3-4,11H2,1-2H3/t17-/m1/s1. The quantitative estimate of drug-likeness (QED) is 0.856. The highest BCUT2D eigenvalue weighted by molar-refractivity contribution is 9.06. The summed E-state index contributed by atoms with van der Waals surface area (Å²) in [6, 6.07) is 1.87. The molecule has 94 valence electrons. The molecule has 1 heterocycles. The van der Waals surface area contributed by atoms with E-state index >= 15 is 0 Å². The summed E-state index contributed by atoms with van der Waals surface area (Å²) in [5.74, 6) is 1.33. The van der Waals surface area contributed by atoms with Crippen LogP contribution in [0.5, 0.6) is 11.5 Å².